The van der Waals surface area contributed by atoms with Gasteiger partial charge in [-0.1, -0.05) is 287 Å². The van der Waals surface area contributed by atoms with Gasteiger partial charge < -0.3 is 0 Å². The second-order valence-electron chi connectivity index (χ2n) is 21.7. The van der Waals surface area contributed by atoms with Crippen LogP contribution in [0.1, 0.15) is 44.5 Å². The summed E-state index contributed by atoms with van der Waals surface area (Å²) in [6.07, 6.45) is 0. The third-order valence-electron chi connectivity index (χ3n) is 14.9. The molecule has 84 heavy (non-hydrogen) atoms. The van der Waals surface area contributed by atoms with Gasteiger partial charge in [0.2, 0.25) is 0 Å². The summed E-state index contributed by atoms with van der Waals surface area (Å²) in [6.45, 7) is 16.3. The summed E-state index contributed by atoms with van der Waals surface area (Å²) in [5.74, 6) is -0.734. The van der Waals surface area contributed by atoms with Crippen LogP contribution in [0.25, 0.3) is 89.0 Å². The van der Waals surface area contributed by atoms with Crippen molar-refractivity contribution in [1.29, 1.82) is 0 Å². The average molecular weight is 1110 g/mol. The molecular weight excluding hydrogens is 1040 g/mol. The highest BCUT2D eigenvalue weighted by atomic mass is 19.1. The fraction of sp³-hybridized carbons (Fsp3) is 0.100. The van der Waals surface area contributed by atoms with Gasteiger partial charge in [0.1, 0.15) is 23.3 Å². The third-order valence-corrected chi connectivity index (χ3v) is 14.9. The standard InChI is InChI=1S/4C20H17F/c4*1-14-3-7-16(8-4-14)18-11-12-19(20(21)13-18)17-9-5-15(2)6-10-17/h4*3-13H,1-2H3. The van der Waals surface area contributed by atoms with Crippen LogP contribution in [0.3, 0.4) is 0 Å². The Hall–Kier alpha value is -9.64. The highest BCUT2D eigenvalue weighted by Gasteiger charge is 2.12. The third kappa shape index (κ3) is 15.5. The maximum atomic E-state index is 14.4. The molecule has 0 fully saturated rings. The van der Waals surface area contributed by atoms with Crippen molar-refractivity contribution >= 4 is 0 Å². The van der Waals surface area contributed by atoms with Crippen LogP contribution in [-0.4, -0.2) is 0 Å². The van der Waals surface area contributed by atoms with E-state index in [4.69, 9.17) is 0 Å². The van der Waals surface area contributed by atoms with Crippen LogP contribution in [-0.2, 0) is 0 Å². The Kier molecular flexibility index (Phi) is 19.3. The van der Waals surface area contributed by atoms with Gasteiger partial charge >= 0.3 is 0 Å². The van der Waals surface area contributed by atoms with E-state index >= 15 is 0 Å². The fourth-order valence-electron chi connectivity index (χ4n) is 9.63. The molecule has 0 spiro atoms. The van der Waals surface area contributed by atoms with E-state index in [1.807, 2.05) is 298 Å². The molecule has 0 heterocycles. The predicted octanol–water partition coefficient (Wildman–Crippen LogP) is 23.1. The molecule has 0 unspecified atom stereocenters. The Morgan fingerprint density at radius 2 is 0.262 bits per heavy atom. The molecule has 0 nitrogen and oxygen atoms in total. The van der Waals surface area contributed by atoms with Crippen LogP contribution < -0.4 is 0 Å². The fourth-order valence-corrected chi connectivity index (χ4v) is 9.63. The quantitative estimate of drug-likeness (QED) is 0.133. The number of hydrogen-bond acceptors (Lipinski definition) is 0. The topological polar surface area (TPSA) is 0 Å². The number of aryl methyl sites for hydroxylation is 8. The summed E-state index contributed by atoms with van der Waals surface area (Å²) in [7, 11) is 0. The van der Waals surface area contributed by atoms with E-state index in [2.05, 4.69) is 0 Å². The number of rotatable bonds is 8. The van der Waals surface area contributed by atoms with Crippen molar-refractivity contribution in [3.05, 3.63) is 335 Å². The minimum atomic E-state index is -0.183. The molecule has 0 amide bonds. The highest BCUT2D eigenvalue weighted by molar-refractivity contribution is 5.75. The smallest absolute Gasteiger partial charge is 0.131 e. The van der Waals surface area contributed by atoms with E-state index in [1.165, 1.54) is 44.5 Å². The molecule has 12 aromatic carbocycles. The minimum absolute atomic E-state index is 0.183. The van der Waals surface area contributed by atoms with Crippen molar-refractivity contribution in [2.24, 2.45) is 0 Å². The largest absolute Gasteiger partial charge is 0.206 e. The zero-order chi connectivity index (χ0) is 59.3. The maximum absolute atomic E-state index is 14.4. The van der Waals surface area contributed by atoms with E-state index in [-0.39, 0.29) is 23.3 Å². The van der Waals surface area contributed by atoms with E-state index in [0.29, 0.717) is 22.3 Å². The van der Waals surface area contributed by atoms with E-state index < -0.39 is 0 Å². The number of halogens is 4. The molecule has 4 heteroatoms. The van der Waals surface area contributed by atoms with Gasteiger partial charge in [-0.15, -0.1) is 0 Å². The van der Waals surface area contributed by atoms with Crippen LogP contribution >= 0.6 is 0 Å². The first-order valence-corrected chi connectivity index (χ1v) is 28.3. The first-order chi connectivity index (χ1) is 40.5. The Morgan fingerprint density at radius 3 is 0.393 bits per heavy atom. The van der Waals surface area contributed by atoms with Crippen molar-refractivity contribution in [3.63, 3.8) is 0 Å². The Bertz CT molecular complexity index is 3560. The average Bonchev–Trinajstić information content (AvgIpc) is 3.60. The monoisotopic (exact) mass is 1100 g/mol. The zero-order valence-electron chi connectivity index (χ0n) is 48.9. The molecule has 0 N–H and O–H groups in total. The summed E-state index contributed by atoms with van der Waals surface area (Å²) >= 11 is 0. The summed E-state index contributed by atoms with van der Waals surface area (Å²) in [6, 6.07) is 86.0. The van der Waals surface area contributed by atoms with Crippen LogP contribution in [0.5, 0.6) is 0 Å². The number of hydrogen-bond donors (Lipinski definition) is 0. The molecule has 12 aromatic rings. The summed E-state index contributed by atoms with van der Waals surface area (Å²) in [4.78, 5) is 0. The van der Waals surface area contributed by atoms with Gasteiger partial charge in [-0.3, -0.25) is 0 Å². The minimum Gasteiger partial charge on any atom is -0.206 e. The van der Waals surface area contributed by atoms with E-state index in [1.54, 1.807) is 24.3 Å². The molecule has 0 aliphatic rings. The number of benzene rings is 12. The molecule has 0 saturated carbocycles. The lowest BCUT2D eigenvalue weighted by atomic mass is 9.98. The zero-order valence-corrected chi connectivity index (χ0v) is 48.9. The maximum Gasteiger partial charge on any atom is 0.131 e. The lowest BCUT2D eigenvalue weighted by Gasteiger charge is -2.08. The lowest BCUT2D eigenvalue weighted by Crippen LogP contribution is -1.87. The first-order valence-electron chi connectivity index (χ1n) is 28.3. The lowest BCUT2D eigenvalue weighted by molar-refractivity contribution is 0.631. The van der Waals surface area contributed by atoms with Gasteiger partial charge in [0.15, 0.2) is 0 Å². The molecule has 0 atom stereocenters. The second kappa shape index (κ2) is 27.4. The molecule has 416 valence electrons. The summed E-state index contributed by atoms with van der Waals surface area (Å²) < 4.78 is 57.6. The SMILES string of the molecule is Cc1ccc(-c2ccc(-c3ccc(C)cc3)c(F)c2)cc1.Cc1ccc(-c2ccc(-c3ccc(C)cc3)c(F)c2)cc1.Cc1ccc(-c2ccc(-c3ccc(C)cc3)c(F)c2)cc1.Cc1ccc(-c2ccc(-c3ccc(C)cc3)c(F)c2)cc1. The highest BCUT2D eigenvalue weighted by Crippen LogP contribution is 2.33. The predicted molar refractivity (Wildman–Crippen MR) is 347 cm³/mol. The molecule has 0 aliphatic heterocycles. The summed E-state index contributed by atoms with van der Waals surface area (Å²) in [5.41, 5.74) is 23.5. The van der Waals surface area contributed by atoms with Crippen molar-refractivity contribution < 1.29 is 17.6 Å². The van der Waals surface area contributed by atoms with Crippen molar-refractivity contribution in [1.82, 2.24) is 0 Å². The van der Waals surface area contributed by atoms with Crippen molar-refractivity contribution in [2.45, 2.75) is 55.4 Å². The molecule has 0 radical (unpaired) electrons. The Labute approximate surface area is 494 Å². The molecular formula is C80H68F4. The normalized spacial score (nSPS) is 10.6. The Balaban J connectivity index is 0.000000134. The molecule has 0 aliphatic carbocycles. The van der Waals surface area contributed by atoms with Crippen molar-refractivity contribution in [2.75, 3.05) is 0 Å². The van der Waals surface area contributed by atoms with Crippen LogP contribution in [0.15, 0.2) is 267 Å². The second-order valence-corrected chi connectivity index (χ2v) is 21.7. The summed E-state index contributed by atoms with van der Waals surface area (Å²) in [5, 5.41) is 0. The van der Waals surface area contributed by atoms with Crippen LogP contribution in [0.2, 0.25) is 0 Å². The Morgan fingerprint density at radius 1 is 0.143 bits per heavy atom. The molecule has 0 bridgehead atoms. The molecule has 0 saturated heterocycles. The van der Waals surface area contributed by atoms with Gasteiger partial charge in [0.05, 0.1) is 0 Å². The van der Waals surface area contributed by atoms with Gasteiger partial charge in [0, 0.05) is 22.3 Å². The van der Waals surface area contributed by atoms with Crippen molar-refractivity contribution in [3.8, 4) is 89.0 Å². The van der Waals surface area contributed by atoms with Gasteiger partial charge in [-0.25, -0.2) is 17.6 Å². The van der Waals surface area contributed by atoms with E-state index in [0.717, 1.165) is 66.8 Å². The molecule has 12 rings (SSSR count). The van der Waals surface area contributed by atoms with E-state index in [9.17, 15) is 17.6 Å². The van der Waals surface area contributed by atoms with Gasteiger partial charge in [0.25, 0.3) is 0 Å². The first kappa shape index (κ1) is 59.0. The van der Waals surface area contributed by atoms with Crippen LogP contribution in [0, 0.1) is 78.7 Å². The van der Waals surface area contributed by atoms with Crippen LogP contribution in [0.4, 0.5) is 17.6 Å². The molecule has 0 aromatic heterocycles. The van der Waals surface area contributed by atoms with Gasteiger partial charge in [-0.05, 0) is 146 Å². The van der Waals surface area contributed by atoms with Gasteiger partial charge in [-0.2, -0.15) is 0 Å².